The molecule has 0 amide bonds. The number of benzene rings is 1. The molecule has 1 aromatic carbocycles. The summed E-state index contributed by atoms with van der Waals surface area (Å²) in [5.41, 5.74) is 7.02. The van der Waals surface area contributed by atoms with Crippen LogP contribution in [0, 0.1) is 5.82 Å². The molecule has 13 heavy (non-hydrogen) atoms. The van der Waals surface area contributed by atoms with Crippen LogP contribution in [0.4, 0.5) is 4.39 Å². The minimum absolute atomic E-state index is 0.170. The van der Waals surface area contributed by atoms with Gasteiger partial charge < -0.3 is 5.73 Å². The number of aryl methyl sites for hydroxylation is 1. The zero-order valence-corrected chi connectivity index (χ0v) is 8.02. The maximum Gasteiger partial charge on any atom is 0.127 e. The normalized spacial score (nSPS) is 10.4. The van der Waals surface area contributed by atoms with Crippen LogP contribution in [0.2, 0.25) is 0 Å². The van der Waals surface area contributed by atoms with Crippen LogP contribution >= 0.6 is 0 Å². The van der Waals surface area contributed by atoms with Crippen LogP contribution in [0.25, 0.3) is 0 Å². The fraction of sp³-hybridized carbons (Fsp3) is 0.455. The lowest BCUT2D eigenvalue weighted by atomic mass is 10.1. The number of hydrogen-bond acceptors (Lipinski definition) is 1. The van der Waals surface area contributed by atoms with Crippen molar-refractivity contribution in [2.75, 3.05) is 0 Å². The number of nitrogens with two attached hydrogens (primary N) is 1. The van der Waals surface area contributed by atoms with Gasteiger partial charge in [0, 0.05) is 12.1 Å². The summed E-state index contributed by atoms with van der Waals surface area (Å²) < 4.78 is 13.2. The second-order valence-electron chi connectivity index (χ2n) is 3.23. The van der Waals surface area contributed by atoms with E-state index < -0.39 is 0 Å². The maximum absolute atomic E-state index is 13.2. The predicted octanol–water partition coefficient (Wildman–Crippen LogP) is 2.63. The van der Waals surface area contributed by atoms with Gasteiger partial charge >= 0.3 is 0 Å². The largest absolute Gasteiger partial charge is 0.326 e. The van der Waals surface area contributed by atoms with Gasteiger partial charge in [0.1, 0.15) is 5.82 Å². The van der Waals surface area contributed by atoms with Crippen molar-refractivity contribution in [1.82, 2.24) is 0 Å². The number of unbranched alkanes of at least 4 members (excludes halogenated alkanes) is 1. The van der Waals surface area contributed by atoms with Gasteiger partial charge in [0.15, 0.2) is 0 Å². The van der Waals surface area contributed by atoms with E-state index in [1.807, 2.05) is 6.07 Å². The van der Waals surface area contributed by atoms with Gasteiger partial charge in [0.2, 0.25) is 0 Å². The summed E-state index contributed by atoms with van der Waals surface area (Å²) in [6.07, 6.45) is 3.21. The molecule has 0 aliphatic rings. The molecule has 0 atom stereocenters. The highest BCUT2D eigenvalue weighted by molar-refractivity contribution is 5.24. The first-order chi connectivity index (χ1) is 6.27. The predicted molar refractivity (Wildman–Crippen MR) is 52.9 cm³/mol. The highest BCUT2D eigenvalue weighted by atomic mass is 19.1. The average molecular weight is 181 g/mol. The van der Waals surface area contributed by atoms with Crippen molar-refractivity contribution >= 4 is 0 Å². The van der Waals surface area contributed by atoms with E-state index in [0.29, 0.717) is 5.56 Å². The van der Waals surface area contributed by atoms with E-state index in [9.17, 15) is 4.39 Å². The SMILES string of the molecule is CCCCc1ccc(CN)c(F)c1. The Morgan fingerprint density at radius 3 is 2.69 bits per heavy atom. The molecule has 72 valence electrons. The van der Waals surface area contributed by atoms with Crippen LogP contribution in [0.5, 0.6) is 0 Å². The third-order valence-corrected chi connectivity index (χ3v) is 2.16. The Morgan fingerprint density at radius 2 is 2.15 bits per heavy atom. The van der Waals surface area contributed by atoms with Crippen LogP contribution in [0.15, 0.2) is 18.2 Å². The van der Waals surface area contributed by atoms with Crippen LogP contribution < -0.4 is 5.73 Å². The van der Waals surface area contributed by atoms with Crippen molar-refractivity contribution in [2.24, 2.45) is 5.73 Å². The maximum atomic E-state index is 13.2. The average Bonchev–Trinajstić information content (AvgIpc) is 2.15. The van der Waals surface area contributed by atoms with Crippen molar-refractivity contribution in [3.63, 3.8) is 0 Å². The first-order valence-corrected chi connectivity index (χ1v) is 4.75. The molecule has 0 aliphatic heterocycles. The van der Waals surface area contributed by atoms with Gasteiger partial charge in [-0.05, 0) is 24.5 Å². The van der Waals surface area contributed by atoms with E-state index in [4.69, 9.17) is 5.73 Å². The van der Waals surface area contributed by atoms with E-state index in [2.05, 4.69) is 6.92 Å². The molecule has 0 heterocycles. The van der Waals surface area contributed by atoms with Crippen molar-refractivity contribution in [3.8, 4) is 0 Å². The number of halogens is 1. The lowest BCUT2D eigenvalue weighted by Gasteiger charge is -2.03. The highest BCUT2D eigenvalue weighted by Crippen LogP contribution is 2.11. The Kier molecular flexibility index (Phi) is 3.90. The zero-order chi connectivity index (χ0) is 9.68. The monoisotopic (exact) mass is 181 g/mol. The Hall–Kier alpha value is -0.890. The second-order valence-corrected chi connectivity index (χ2v) is 3.23. The van der Waals surface area contributed by atoms with Gasteiger partial charge in [-0.3, -0.25) is 0 Å². The fourth-order valence-electron chi connectivity index (χ4n) is 1.29. The summed E-state index contributed by atoms with van der Waals surface area (Å²) in [6, 6.07) is 5.33. The van der Waals surface area contributed by atoms with Crippen LogP contribution in [-0.4, -0.2) is 0 Å². The smallest absolute Gasteiger partial charge is 0.127 e. The molecule has 0 radical (unpaired) electrons. The Bertz CT molecular complexity index is 271. The van der Waals surface area contributed by atoms with Gasteiger partial charge in [-0.2, -0.15) is 0 Å². The molecule has 0 unspecified atom stereocenters. The summed E-state index contributed by atoms with van der Waals surface area (Å²) in [6.45, 7) is 2.41. The number of hydrogen-bond donors (Lipinski definition) is 1. The molecule has 0 saturated heterocycles. The van der Waals surface area contributed by atoms with Gasteiger partial charge in [0.25, 0.3) is 0 Å². The molecule has 0 fully saturated rings. The van der Waals surface area contributed by atoms with Gasteiger partial charge in [-0.25, -0.2) is 4.39 Å². The lowest BCUT2D eigenvalue weighted by Crippen LogP contribution is -2.00. The van der Waals surface area contributed by atoms with E-state index in [1.54, 1.807) is 12.1 Å². The van der Waals surface area contributed by atoms with Crippen LogP contribution in [0.1, 0.15) is 30.9 Å². The third kappa shape index (κ3) is 2.81. The van der Waals surface area contributed by atoms with Gasteiger partial charge in [0.05, 0.1) is 0 Å². The minimum Gasteiger partial charge on any atom is -0.326 e. The van der Waals surface area contributed by atoms with Crippen LogP contribution in [-0.2, 0) is 13.0 Å². The molecular formula is C11H16FN. The van der Waals surface area contributed by atoms with E-state index in [1.165, 1.54) is 0 Å². The topological polar surface area (TPSA) is 26.0 Å². The molecule has 1 nitrogen and oxygen atoms in total. The molecule has 0 saturated carbocycles. The summed E-state index contributed by atoms with van der Waals surface area (Å²) in [7, 11) is 0. The van der Waals surface area contributed by atoms with Crippen molar-refractivity contribution in [3.05, 3.63) is 35.1 Å². The fourth-order valence-corrected chi connectivity index (χ4v) is 1.29. The molecule has 1 rings (SSSR count). The number of rotatable bonds is 4. The first-order valence-electron chi connectivity index (χ1n) is 4.75. The minimum atomic E-state index is -0.170. The second kappa shape index (κ2) is 4.97. The van der Waals surface area contributed by atoms with E-state index >= 15 is 0 Å². The van der Waals surface area contributed by atoms with Crippen LogP contribution in [0.3, 0.4) is 0 Å². The third-order valence-electron chi connectivity index (χ3n) is 2.16. The van der Waals surface area contributed by atoms with Gasteiger partial charge in [-0.1, -0.05) is 25.5 Å². The van der Waals surface area contributed by atoms with Crippen molar-refractivity contribution < 1.29 is 4.39 Å². The Balaban J connectivity index is 2.71. The molecule has 0 aliphatic carbocycles. The summed E-state index contributed by atoms with van der Waals surface area (Å²) >= 11 is 0. The van der Waals surface area contributed by atoms with E-state index in [0.717, 1.165) is 24.8 Å². The summed E-state index contributed by atoms with van der Waals surface area (Å²) in [5.74, 6) is -0.170. The highest BCUT2D eigenvalue weighted by Gasteiger charge is 2.00. The molecule has 0 bridgehead atoms. The van der Waals surface area contributed by atoms with Crippen molar-refractivity contribution in [2.45, 2.75) is 32.7 Å². The molecule has 0 aromatic heterocycles. The zero-order valence-electron chi connectivity index (χ0n) is 8.02. The summed E-state index contributed by atoms with van der Waals surface area (Å²) in [4.78, 5) is 0. The molecule has 1 aromatic rings. The molecule has 0 spiro atoms. The Labute approximate surface area is 78.8 Å². The van der Waals surface area contributed by atoms with E-state index in [-0.39, 0.29) is 12.4 Å². The quantitative estimate of drug-likeness (QED) is 0.759. The molecule has 2 heteroatoms. The molecular weight excluding hydrogens is 165 g/mol. The molecule has 2 N–H and O–H groups in total. The van der Waals surface area contributed by atoms with Gasteiger partial charge in [-0.15, -0.1) is 0 Å². The van der Waals surface area contributed by atoms with Crippen molar-refractivity contribution in [1.29, 1.82) is 0 Å². The Morgan fingerprint density at radius 1 is 1.38 bits per heavy atom. The summed E-state index contributed by atoms with van der Waals surface area (Å²) in [5, 5.41) is 0. The lowest BCUT2D eigenvalue weighted by molar-refractivity contribution is 0.607. The first kappa shape index (κ1) is 10.2. The standard InChI is InChI=1S/C11H16FN/c1-2-3-4-9-5-6-10(8-13)11(12)7-9/h5-7H,2-4,8,13H2,1H3.